The fourth-order valence-electron chi connectivity index (χ4n) is 1.52. The van der Waals surface area contributed by atoms with Crippen molar-refractivity contribution < 1.29 is 19.7 Å². The molecule has 1 aliphatic heterocycles. The molecule has 0 aromatic rings. The van der Waals surface area contributed by atoms with Crippen LogP contribution in [0.5, 0.6) is 0 Å². The van der Waals surface area contributed by atoms with Gasteiger partial charge in [0.2, 0.25) is 0 Å². The molecule has 0 radical (unpaired) electrons. The van der Waals surface area contributed by atoms with Crippen LogP contribution in [0.15, 0.2) is 0 Å². The van der Waals surface area contributed by atoms with E-state index in [2.05, 4.69) is 0 Å². The Labute approximate surface area is 83.3 Å². The molecule has 82 valence electrons. The van der Waals surface area contributed by atoms with E-state index in [4.69, 9.17) is 9.84 Å². The van der Waals surface area contributed by atoms with Crippen molar-refractivity contribution in [3.63, 3.8) is 0 Å². The Kier molecular flexibility index (Phi) is 3.47. The number of nitrogens with zero attached hydrogens (tertiary/aromatic N) is 1. The first-order chi connectivity index (χ1) is 6.43. The van der Waals surface area contributed by atoms with E-state index in [1.54, 1.807) is 0 Å². The molecule has 1 unspecified atom stereocenters. The molecule has 14 heavy (non-hydrogen) atoms. The van der Waals surface area contributed by atoms with Gasteiger partial charge in [0.1, 0.15) is 0 Å². The summed E-state index contributed by atoms with van der Waals surface area (Å²) in [5, 5.41) is 17.8. The molecule has 0 amide bonds. The summed E-state index contributed by atoms with van der Waals surface area (Å²) < 4.78 is 5.29. The predicted molar refractivity (Wildman–Crippen MR) is 50.1 cm³/mol. The summed E-state index contributed by atoms with van der Waals surface area (Å²) in [5.74, 6) is -1.17. The Hall–Kier alpha value is -0.650. The van der Waals surface area contributed by atoms with E-state index in [1.165, 1.54) is 0 Å². The Bertz CT molecular complexity index is 217. The normalized spacial score (nSPS) is 24.5. The highest BCUT2D eigenvalue weighted by Gasteiger charge is 2.32. The van der Waals surface area contributed by atoms with Crippen LogP contribution in [0.2, 0.25) is 0 Å². The standard InChI is InChI=1S/C9H17NO4/c1-9(2)6-14-4-3-10(9)5-7(11)8(12)13/h7,11H,3-6H2,1-2H3,(H,12,13). The number of rotatable bonds is 3. The summed E-state index contributed by atoms with van der Waals surface area (Å²) in [7, 11) is 0. The fraction of sp³-hybridized carbons (Fsp3) is 0.889. The van der Waals surface area contributed by atoms with E-state index in [0.29, 0.717) is 19.8 Å². The van der Waals surface area contributed by atoms with Crippen LogP contribution < -0.4 is 0 Å². The Morgan fingerprint density at radius 3 is 2.79 bits per heavy atom. The molecular formula is C9H17NO4. The quantitative estimate of drug-likeness (QED) is 0.649. The number of hydrogen-bond acceptors (Lipinski definition) is 4. The summed E-state index contributed by atoms with van der Waals surface area (Å²) in [6, 6.07) is 0. The zero-order chi connectivity index (χ0) is 10.8. The lowest BCUT2D eigenvalue weighted by atomic mass is 10.0. The van der Waals surface area contributed by atoms with Crippen molar-refractivity contribution >= 4 is 5.97 Å². The minimum atomic E-state index is -1.31. The first-order valence-electron chi connectivity index (χ1n) is 4.67. The van der Waals surface area contributed by atoms with Gasteiger partial charge in [-0.25, -0.2) is 4.79 Å². The van der Waals surface area contributed by atoms with Crippen molar-refractivity contribution in [3.8, 4) is 0 Å². The molecule has 1 rings (SSSR count). The number of β-amino-alcohol motifs (C(OH)–C–C–N with tert-alkyl or cyclic N) is 1. The number of aliphatic carboxylic acids is 1. The van der Waals surface area contributed by atoms with Crippen LogP contribution in [0.1, 0.15) is 13.8 Å². The van der Waals surface area contributed by atoms with Gasteiger partial charge in [0.15, 0.2) is 6.10 Å². The maximum atomic E-state index is 10.5. The number of carbonyl (C=O) groups is 1. The number of ether oxygens (including phenoxy) is 1. The molecule has 1 atom stereocenters. The van der Waals surface area contributed by atoms with Crippen LogP contribution in [-0.4, -0.2) is 59.0 Å². The van der Waals surface area contributed by atoms with Crippen LogP contribution in [0, 0.1) is 0 Å². The summed E-state index contributed by atoms with van der Waals surface area (Å²) in [4.78, 5) is 12.4. The molecule has 0 saturated carbocycles. The highest BCUT2D eigenvalue weighted by Crippen LogP contribution is 2.18. The first-order valence-corrected chi connectivity index (χ1v) is 4.67. The molecule has 1 saturated heterocycles. The van der Waals surface area contributed by atoms with Crippen LogP contribution in [0.4, 0.5) is 0 Å². The molecule has 2 N–H and O–H groups in total. The van der Waals surface area contributed by atoms with E-state index in [-0.39, 0.29) is 12.1 Å². The lowest BCUT2D eigenvalue weighted by Crippen LogP contribution is -2.55. The van der Waals surface area contributed by atoms with Crippen LogP contribution in [-0.2, 0) is 9.53 Å². The number of morpholine rings is 1. The zero-order valence-electron chi connectivity index (χ0n) is 8.56. The molecule has 5 nitrogen and oxygen atoms in total. The average molecular weight is 203 g/mol. The van der Waals surface area contributed by atoms with E-state index in [1.807, 2.05) is 18.7 Å². The van der Waals surface area contributed by atoms with Crippen molar-refractivity contribution in [1.82, 2.24) is 4.90 Å². The lowest BCUT2D eigenvalue weighted by molar-refractivity contribution is -0.150. The van der Waals surface area contributed by atoms with Gasteiger partial charge in [-0.3, -0.25) is 4.90 Å². The van der Waals surface area contributed by atoms with Crippen molar-refractivity contribution in [2.75, 3.05) is 26.3 Å². The number of hydrogen-bond donors (Lipinski definition) is 2. The highest BCUT2D eigenvalue weighted by atomic mass is 16.5. The molecule has 0 aromatic carbocycles. The molecular weight excluding hydrogens is 186 g/mol. The van der Waals surface area contributed by atoms with Crippen LogP contribution in [0.3, 0.4) is 0 Å². The molecule has 1 fully saturated rings. The summed E-state index contributed by atoms with van der Waals surface area (Å²) in [5.41, 5.74) is -0.200. The third kappa shape index (κ3) is 2.67. The maximum Gasteiger partial charge on any atom is 0.333 e. The summed E-state index contributed by atoms with van der Waals surface area (Å²) >= 11 is 0. The van der Waals surface area contributed by atoms with E-state index in [9.17, 15) is 9.90 Å². The van der Waals surface area contributed by atoms with Crippen LogP contribution >= 0.6 is 0 Å². The Balaban J connectivity index is 2.53. The van der Waals surface area contributed by atoms with Crippen LogP contribution in [0.25, 0.3) is 0 Å². The number of aliphatic hydroxyl groups is 1. The van der Waals surface area contributed by atoms with Crippen molar-refractivity contribution in [3.05, 3.63) is 0 Å². The van der Waals surface area contributed by atoms with Gasteiger partial charge in [-0.1, -0.05) is 0 Å². The maximum absolute atomic E-state index is 10.5. The van der Waals surface area contributed by atoms with Crippen molar-refractivity contribution in [1.29, 1.82) is 0 Å². The van der Waals surface area contributed by atoms with Crippen molar-refractivity contribution in [2.24, 2.45) is 0 Å². The third-order valence-electron chi connectivity index (χ3n) is 2.50. The molecule has 1 aliphatic rings. The molecule has 1 heterocycles. The van der Waals surface area contributed by atoms with Gasteiger partial charge in [-0.2, -0.15) is 0 Å². The summed E-state index contributed by atoms with van der Waals surface area (Å²) in [6.45, 7) is 5.93. The molecule has 5 heteroatoms. The first kappa shape index (κ1) is 11.4. The van der Waals surface area contributed by atoms with Gasteiger partial charge in [0, 0.05) is 18.6 Å². The number of aliphatic hydroxyl groups excluding tert-OH is 1. The Morgan fingerprint density at radius 2 is 2.29 bits per heavy atom. The zero-order valence-corrected chi connectivity index (χ0v) is 8.56. The van der Waals surface area contributed by atoms with Gasteiger partial charge >= 0.3 is 5.97 Å². The topological polar surface area (TPSA) is 70.0 Å². The van der Waals surface area contributed by atoms with Crippen molar-refractivity contribution in [2.45, 2.75) is 25.5 Å². The molecule has 0 bridgehead atoms. The predicted octanol–water partition coefficient (Wildman–Crippen LogP) is -0.457. The lowest BCUT2D eigenvalue weighted by Gasteiger charge is -2.42. The minimum Gasteiger partial charge on any atom is -0.479 e. The van der Waals surface area contributed by atoms with Gasteiger partial charge < -0.3 is 14.9 Å². The SMILES string of the molecule is CC1(C)COCCN1CC(O)C(=O)O. The van der Waals surface area contributed by atoms with Gasteiger partial charge in [0.25, 0.3) is 0 Å². The summed E-state index contributed by atoms with van der Waals surface area (Å²) in [6.07, 6.45) is -1.31. The second kappa shape index (κ2) is 4.25. The second-order valence-electron chi connectivity index (χ2n) is 4.17. The number of carboxylic acids is 1. The third-order valence-corrected chi connectivity index (χ3v) is 2.50. The van der Waals surface area contributed by atoms with E-state index < -0.39 is 12.1 Å². The fourth-order valence-corrected chi connectivity index (χ4v) is 1.52. The second-order valence-corrected chi connectivity index (χ2v) is 4.17. The minimum absolute atomic E-state index is 0.158. The Morgan fingerprint density at radius 1 is 1.64 bits per heavy atom. The monoisotopic (exact) mass is 203 g/mol. The average Bonchev–Trinajstić information content (AvgIpc) is 2.08. The molecule has 0 spiro atoms. The van der Waals surface area contributed by atoms with E-state index >= 15 is 0 Å². The number of carboxylic acid groups (broad SMARTS) is 1. The van der Waals surface area contributed by atoms with E-state index in [0.717, 1.165) is 0 Å². The smallest absolute Gasteiger partial charge is 0.333 e. The molecule has 0 aromatic heterocycles. The highest BCUT2D eigenvalue weighted by molar-refractivity contribution is 5.72. The van der Waals surface area contributed by atoms with Gasteiger partial charge in [-0.15, -0.1) is 0 Å². The molecule has 0 aliphatic carbocycles. The van der Waals surface area contributed by atoms with Gasteiger partial charge in [-0.05, 0) is 13.8 Å². The largest absolute Gasteiger partial charge is 0.479 e. The van der Waals surface area contributed by atoms with Gasteiger partial charge in [0.05, 0.1) is 13.2 Å².